The first-order valence-electron chi connectivity index (χ1n) is 11.6. The van der Waals surface area contributed by atoms with Gasteiger partial charge in [-0.15, -0.1) is 0 Å². The van der Waals surface area contributed by atoms with Crippen molar-refractivity contribution in [1.82, 2.24) is 25.7 Å². The normalized spacial score (nSPS) is 14.6. The average molecular weight is 424 g/mol. The van der Waals surface area contributed by atoms with Crippen molar-refractivity contribution in [1.29, 1.82) is 0 Å². The number of aromatic amines is 1. The zero-order valence-electron chi connectivity index (χ0n) is 19.9. The lowest BCUT2D eigenvalue weighted by atomic mass is 9.85. The van der Waals surface area contributed by atoms with Crippen molar-refractivity contribution >= 4 is 5.91 Å². The van der Waals surface area contributed by atoms with Crippen LogP contribution >= 0.6 is 0 Å². The number of amides is 1. The van der Waals surface area contributed by atoms with Crippen LogP contribution in [-0.2, 0) is 16.1 Å². The minimum Gasteiger partial charge on any atom is -0.385 e. The van der Waals surface area contributed by atoms with Crippen LogP contribution in [0.2, 0.25) is 0 Å². The molecule has 3 N–H and O–H groups in total. The lowest BCUT2D eigenvalue weighted by Gasteiger charge is -2.23. The van der Waals surface area contributed by atoms with E-state index in [1.807, 2.05) is 27.1 Å². The first kappa shape index (κ1) is 26.6. The van der Waals surface area contributed by atoms with Crippen molar-refractivity contribution in [2.45, 2.75) is 71.3 Å². The molecule has 30 heavy (non-hydrogen) atoms. The van der Waals surface area contributed by atoms with Gasteiger partial charge in [0, 0.05) is 63.5 Å². The largest absolute Gasteiger partial charge is 0.385 e. The van der Waals surface area contributed by atoms with Crippen LogP contribution in [0.1, 0.15) is 76.0 Å². The van der Waals surface area contributed by atoms with Gasteiger partial charge in [-0.25, -0.2) is 0 Å². The third-order valence-electron chi connectivity index (χ3n) is 5.39. The number of likely N-dealkylation sites (N-methyl/N-ethyl adjacent to an activating group) is 2. The molecule has 1 fully saturated rings. The van der Waals surface area contributed by atoms with Crippen LogP contribution in [0.15, 0.2) is 6.20 Å². The second-order valence-electron chi connectivity index (χ2n) is 8.78. The van der Waals surface area contributed by atoms with Gasteiger partial charge in [-0.05, 0) is 39.3 Å². The lowest BCUT2D eigenvalue weighted by molar-refractivity contribution is -0.121. The molecule has 1 aromatic rings. The van der Waals surface area contributed by atoms with Crippen LogP contribution in [0, 0.1) is 5.92 Å². The Morgan fingerprint density at radius 3 is 2.67 bits per heavy atom. The molecule has 1 amide bonds. The Morgan fingerprint density at radius 1 is 1.30 bits per heavy atom. The zero-order valence-corrected chi connectivity index (χ0v) is 19.9. The molecule has 0 unspecified atom stereocenters. The highest BCUT2D eigenvalue weighted by molar-refractivity contribution is 5.75. The van der Waals surface area contributed by atoms with Gasteiger partial charge in [0.25, 0.3) is 0 Å². The average Bonchev–Trinajstić information content (AvgIpc) is 3.18. The highest BCUT2D eigenvalue weighted by Gasteiger charge is 2.20. The van der Waals surface area contributed by atoms with Crippen molar-refractivity contribution < 1.29 is 9.53 Å². The third-order valence-corrected chi connectivity index (χ3v) is 5.39. The summed E-state index contributed by atoms with van der Waals surface area (Å²) in [7, 11) is 5.84. The Balaban J connectivity index is 0.000000329. The number of H-pyrrole nitrogens is 1. The third kappa shape index (κ3) is 11.7. The van der Waals surface area contributed by atoms with E-state index in [4.69, 9.17) is 4.74 Å². The second-order valence-corrected chi connectivity index (χ2v) is 8.78. The fourth-order valence-corrected chi connectivity index (χ4v) is 3.75. The van der Waals surface area contributed by atoms with Gasteiger partial charge < -0.3 is 20.3 Å². The molecule has 7 heteroatoms. The molecule has 2 rings (SSSR count). The number of aromatic nitrogens is 2. The predicted molar refractivity (Wildman–Crippen MR) is 124 cm³/mol. The molecule has 7 nitrogen and oxygen atoms in total. The Bertz CT molecular complexity index is 556. The molecule has 0 saturated heterocycles. The Hall–Kier alpha value is -1.44. The van der Waals surface area contributed by atoms with E-state index in [0.29, 0.717) is 24.9 Å². The Kier molecular flexibility index (Phi) is 14.4. The van der Waals surface area contributed by atoms with E-state index in [0.717, 1.165) is 32.6 Å². The van der Waals surface area contributed by atoms with Gasteiger partial charge in [0.15, 0.2) is 0 Å². The van der Waals surface area contributed by atoms with Crippen molar-refractivity contribution in [2.24, 2.45) is 5.92 Å². The van der Waals surface area contributed by atoms with E-state index in [-0.39, 0.29) is 5.91 Å². The first-order valence-corrected chi connectivity index (χ1v) is 11.6. The molecule has 0 aliphatic heterocycles. The monoisotopic (exact) mass is 423 g/mol. The summed E-state index contributed by atoms with van der Waals surface area (Å²) in [6.45, 7) is 8.62. The number of carbonyl (C=O) groups excluding carboxylic acids is 1. The molecule has 0 aromatic carbocycles. The maximum Gasteiger partial charge on any atom is 0.220 e. The molecule has 1 saturated carbocycles. The summed E-state index contributed by atoms with van der Waals surface area (Å²) in [5.74, 6) is 1.29. The number of hydrogen-bond donors (Lipinski definition) is 3. The van der Waals surface area contributed by atoms with Crippen LogP contribution in [0.3, 0.4) is 0 Å². The molecule has 0 bridgehead atoms. The van der Waals surface area contributed by atoms with Gasteiger partial charge in [-0.1, -0.05) is 33.1 Å². The number of methoxy groups -OCH3 is 1. The van der Waals surface area contributed by atoms with Crippen LogP contribution in [0.4, 0.5) is 0 Å². The molecule has 1 aromatic heterocycles. The first-order chi connectivity index (χ1) is 14.5. The number of nitrogens with zero attached hydrogens (tertiary/aromatic N) is 2. The van der Waals surface area contributed by atoms with Crippen molar-refractivity contribution in [2.75, 3.05) is 47.4 Å². The van der Waals surface area contributed by atoms with Crippen molar-refractivity contribution in [3.63, 3.8) is 0 Å². The summed E-state index contributed by atoms with van der Waals surface area (Å²) < 4.78 is 4.85. The molecule has 1 aliphatic carbocycles. The lowest BCUT2D eigenvalue weighted by Crippen LogP contribution is -2.27. The molecule has 1 aliphatic rings. The van der Waals surface area contributed by atoms with Gasteiger partial charge >= 0.3 is 0 Å². The fourth-order valence-electron chi connectivity index (χ4n) is 3.75. The molecular formula is C23H45N5O2. The van der Waals surface area contributed by atoms with Gasteiger partial charge in [0.2, 0.25) is 5.91 Å². The summed E-state index contributed by atoms with van der Waals surface area (Å²) in [6.07, 6.45) is 10.3. The molecule has 0 radical (unpaired) electrons. The van der Waals surface area contributed by atoms with E-state index in [9.17, 15) is 4.79 Å². The molecule has 1 heterocycles. The standard InChI is InChI=1S/C14H26N4.C9H19NO2/c1-15-8-9-18(2)11-13-10-16-17-14(13)12-6-4-3-5-7-12;1-8(2)7-9(11)10-5-4-6-12-3/h10,12,15H,3-9,11H2,1-2H3,(H,16,17);8H,4-7H2,1-3H3,(H,10,11). The fraction of sp³-hybridized carbons (Fsp3) is 0.826. The summed E-state index contributed by atoms with van der Waals surface area (Å²) in [6, 6.07) is 0. The summed E-state index contributed by atoms with van der Waals surface area (Å²) in [4.78, 5) is 13.4. The van der Waals surface area contributed by atoms with E-state index >= 15 is 0 Å². The second kappa shape index (κ2) is 16.3. The predicted octanol–water partition coefficient (Wildman–Crippen LogP) is 3.29. The van der Waals surface area contributed by atoms with Gasteiger partial charge in [0.05, 0.1) is 6.20 Å². The van der Waals surface area contributed by atoms with Crippen LogP contribution in [0.5, 0.6) is 0 Å². The van der Waals surface area contributed by atoms with Gasteiger partial charge in [-0.2, -0.15) is 5.10 Å². The van der Waals surface area contributed by atoms with E-state index in [1.165, 1.54) is 43.4 Å². The zero-order chi connectivity index (χ0) is 22.2. The van der Waals surface area contributed by atoms with Gasteiger partial charge in [-0.3, -0.25) is 9.89 Å². The maximum absolute atomic E-state index is 11.1. The Labute approximate surface area is 183 Å². The van der Waals surface area contributed by atoms with E-state index in [2.05, 4.69) is 32.8 Å². The minimum absolute atomic E-state index is 0.140. The van der Waals surface area contributed by atoms with Crippen LogP contribution in [-0.4, -0.2) is 68.5 Å². The van der Waals surface area contributed by atoms with Gasteiger partial charge in [0.1, 0.15) is 0 Å². The number of nitrogens with one attached hydrogen (secondary N) is 3. The molecule has 174 valence electrons. The van der Waals surface area contributed by atoms with Crippen molar-refractivity contribution in [3.05, 3.63) is 17.5 Å². The summed E-state index contributed by atoms with van der Waals surface area (Å²) in [5.41, 5.74) is 2.78. The number of hydrogen-bond acceptors (Lipinski definition) is 5. The van der Waals surface area contributed by atoms with E-state index in [1.54, 1.807) is 7.11 Å². The number of carbonyl (C=O) groups is 1. The van der Waals surface area contributed by atoms with Crippen LogP contribution in [0.25, 0.3) is 0 Å². The molecular weight excluding hydrogens is 378 g/mol. The Morgan fingerprint density at radius 2 is 2.03 bits per heavy atom. The van der Waals surface area contributed by atoms with E-state index < -0.39 is 0 Å². The summed E-state index contributed by atoms with van der Waals surface area (Å²) >= 11 is 0. The SMILES string of the molecule is CNCCN(C)Cc1cn[nH]c1C1CCCCC1.COCCCNC(=O)CC(C)C. The topological polar surface area (TPSA) is 82.3 Å². The quantitative estimate of drug-likeness (QED) is 0.449. The molecule has 0 atom stereocenters. The summed E-state index contributed by atoms with van der Waals surface area (Å²) in [5, 5.41) is 13.5. The highest BCUT2D eigenvalue weighted by atomic mass is 16.5. The number of ether oxygens (including phenoxy) is 1. The number of rotatable bonds is 12. The van der Waals surface area contributed by atoms with Crippen LogP contribution < -0.4 is 10.6 Å². The minimum atomic E-state index is 0.140. The smallest absolute Gasteiger partial charge is 0.220 e. The molecule has 0 spiro atoms. The highest BCUT2D eigenvalue weighted by Crippen LogP contribution is 2.33. The maximum atomic E-state index is 11.1. The van der Waals surface area contributed by atoms with Crippen molar-refractivity contribution in [3.8, 4) is 0 Å².